The van der Waals surface area contributed by atoms with Gasteiger partial charge in [0.05, 0.1) is 6.20 Å². The second-order valence-electron chi connectivity index (χ2n) is 1.87. The molecule has 0 radical (unpaired) electrons. The van der Waals surface area contributed by atoms with E-state index in [0.717, 1.165) is 0 Å². The molecule has 1 rings (SSSR count). The molecule has 5 nitrogen and oxygen atoms in total. The Bertz CT molecular complexity index is 243. The van der Waals surface area contributed by atoms with Gasteiger partial charge in [-0.1, -0.05) is 0 Å². The van der Waals surface area contributed by atoms with Crippen molar-refractivity contribution < 1.29 is 10.0 Å². The van der Waals surface area contributed by atoms with Crippen molar-refractivity contribution >= 4 is 5.91 Å². The number of nitrogens with zero attached hydrogens (tertiary/aromatic N) is 1. The summed E-state index contributed by atoms with van der Waals surface area (Å²) in [6.45, 7) is 1.72. The van der Waals surface area contributed by atoms with Crippen molar-refractivity contribution in [3.8, 4) is 0 Å². The maximum atomic E-state index is 10.7. The molecule has 1 amide bonds. The van der Waals surface area contributed by atoms with E-state index in [-0.39, 0.29) is 5.69 Å². The van der Waals surface area contributed by atoms with Crippen LogP contribution in [-0.2, 0) is 0 Å². The highest BCUT2D eigenvalue weighted by Crippen LogP contribution is 1.99. The monoisotopic (exact) mass is 141 g/mol. The molecule has 5 heteroatoms. The van der Waals surface area contributed by atoms with E-state index in [4.69, 9.17) is 5.21 Å². The van der Waals surface area contributed by atoms with E-state index >= 15 is 0 Å². The fourth-order valence-corrected chi connectivity index (χ4v) is 0.632. The molecule has 0 saturated carbocycles. The second-order valence-corrected chi connectivity index (χ2v) is 1.87. The van der Waals surface area contributed by atoms with Crippen LogP contribution in [0.25, 0.3) is 0 Å². The minimum absolute atomic E-state index is 0.280. The first kappa shape index (κ1) is 6.76. The van der Waals surface area contributed by atoms with Crippen LogP contribution < -0.4 is 5.48 Å². The largest absolute Gasteiger partial charge is 0.292 e. The SMILES string of the molecule is Cc1cn[nH]c1C(=O)NO. The maximum absolute atomic E-state index is 10.7. The lowest BCUT2D eigenvalue weighted by Gasteiger charge is -1.93. The van der Waals surface area contributed by atoms with Crippen molar-refractivity contribution in [2.45, 2.75) is 6.92 Å². The molecule has 0 spiro atoms. The van der Waals surface area contributed by atoms with Gasteiger partial charge in [0.1, 0.15) is 5.69 Å². The average molecular weight is 141 g/mol. The zero-order valence-corrected chi connectivity index (χ0v) is 5.38. The fraction of sp³-hybridized carbons (Fsp3) is 0.200. The van der Waals surface area contributed by atoms with Gasteiger partial charge in [-0.05, 0) is 12.5 Å². The van der Waals surface area contributed by atoms with Crippen molar-refractivity contribution in [3.05, 3.63) is 17.5 Å². The third-order valence-corrected chi connectivity index (χ3v) is 1.16. The molecule has 0 fully saturated rings. The summed E-state index contributed by atoms with van der Waals surface area (Å²) in [6, 6.07) is 0. The van der Waals surface area contributed by atoms with E-state index in [1.807, 2.05) is 0 Å². The number of nitrogens with one attached hydrogen (secondary N) is 2. The Morgan fingerprint density at radius 1 is 1.90 bits per heavy atom. The number of hydrogen-bond donors (Lipinski definition) is 3. The first-order valence-electron chi connectivity index (χ1n) is 2.70. The van der Waals surface area contributed by atoms with Gasteiger partial charge in [-0.15, -0.1) is 0 Å². The Kier molecular flexibility index (Phi) is 1.68. The van der Waals surface area contributed by atoms with Crippen LogP contribution in [0, 0.1) is 6.92 Å². The molecule has 1 heterocycles. The Morgan fingerprint density at radius 3 is 3.00 bits per heavy atom. The summed E-state index contributed by atoms with van der Waals surface area (Å²) < 4.78 is 0. The molecule has 10 heavy (non-hydrogen) atoms. The molecule has 0 unspecified atom stereocenters. The van der Waals surface area contributed by atoms with Crippen molar-refractivity contribution in [2.75, 3.05) is 0 Å². The van der Waals surface area contributed by atoms with Crippen LogP contribution in [0.3, 0.4) is 0 Å². The van der Waals surface area contributed by atoms with Crippen molar-refractivity contribution in [2.24, 2.45) is 0 Å². The minimum Gasteiger partial charge on any atom is -0.288 e. The lowest BCUT2D eigenvalue weighted by Crippen LogP contribution is -2.19. The van der Waals surface area contributed by atoms with Gasteiger partial charge in [-0.25, -0.2) is 5.48 Å². The van der Waals surface area contributed by atoms with Gasteiger partial charge in [0, 0.05) is 0 Å². The summed E-state index contributed by atoms with van der Waals surface area (Å²) in [7, 11) is 0. The highest BCUT2D eigenvalue weighted by Gasteiger charge is 2.07. The zero-order chi connectivity index (χ0) is 7.56. The molecule has 0 aromatic carbocycles. The Morgan fingerprint density at radius 2 is 2.60 bits per heavy atom. The number of amides is 1. The van der Waals surface area contributed by atoms with E-state index < -0.39 is 5.91 Å². The van der Waals surface area contributed by atoms with Crippen LogP contribution in [0.5, 0.6) is 0 Å². The van der Waals surface area contributed by atoms with Crippen molar-refractivity contribution in [1.29, 1.82) is 0 Å². The predicted molar refractivity (Wildman–Crippen MR) is 32.6 cm³/mol. The van der Waals surface area contributed by atoms with Gasteiger partial charge in [0.25, 0.3) is 5.91 Å². The standard InChI is InChI=1S/C5H7N3O2/c1-3-2-6-7-4(3)5(9)8-10/h2,10H,1H3,(H,6,7)(H,8,9). The molecule has 0 atom stereocenters. The quantitative estimate of drug-likeness (QED) is 0.375. The Labute approximate surface area is 57.0 Å². The van der Waals surface area contributed by atoms with Gasteiger partial charge in [0.15, 0.2) is 0 Å². The number of carbonyl (C=O) groups is 1. The smallest absolute Gasteiger partial charge is 0.288 e. The maximum Gasteiger partial charge on any atom is 0.292 e. The molecule has 54 valence electrons. The van der Waals surface area contributed by atoms with Crippen LogP contribution in [0.2, 0.25) is 0 Å². The number of rotatable bonds is 1. The molecule has 0 bridgehead atoms. The fourth-order valence-electron chi connectivity index (χ4n) is 0.632. The van der Waals surface area contributed by atoms with Crippen molar-refractivity contribution in [1.82, 2.24) is 15.7 Å². The van der Waals surface area contributed by atoms with Crippen LogP contribution >= 0.6 is 0 Å². The van der Waals surface area contributed by atoms with E-state index in [1.165, 1.54) is 11.7 Å². The van der Waals surface area contributed by atoms with E-state index in [0.29, 0.717) is 5.56 Å². The molecular weight excluding hydrogens is 134 g/mol. The highest BCUT2D eigenvalue weighted by molar-refractivity contribution is 5.92. The summed E-state index contributed by atoms with van der Waals surface area (Å²) in [5.41, 5.74) is 2.48. The molecule has 1 aromatic rings. The van der Waals surface area contributed by atoms with Gasteiger partial charge < -0.3 is 0 Å². The summed E-state index contributed by atoms with van der Waals surface area (Å²) in [5, 5.41) is 14.2. The van der Waals surface area contributed by atoms with Crippen LogP contribution in [0.15, 0.2) is 6.20 Å². The number of carbonyl (C=O) groups excluding carboxylic acids is 1. The second kappa shape index (κ2) is 2.49. The first-order valence-corrected chi connectivity index (χ1v) is 2.70. The minimum atomic E-state index is -0.574. The van der Waals surface area contributed by atoms with Crippen LogP contribution in [0.4, 0.5) is 0 Å². The Balaban J connectivity index is 2.93. The molecule has 0 aliphatic rings. The number of H-pyrrole nitrogens is 1. The average Bonchev–Trinajstić information content (AvgIpc) is 2.34. The summed E-state index contributed by atoms with van der Waals surface area (Å²) in [4.78, 5) is 10.7. The summed E-state index contributed by atoms with van der Waals surface area (Å²) in [5.74, 6) is -0.574. The van der Waals surface area contributed by atoms with E-state index in [9.17, 15) is 4.79 Å². The van der Waals surface area contributed by atoms with Gasteiger partial charge in [-0.2, -0.15) is 5.10 Å². The highest BCUT2D eigenvalue weighted by atomic mass is 16.5. The number of aryl methyl sites for hydroxylation is 1. The number of aromatic nitrogens is 2. The van der Waals surface area contributed by atoms with Gasteiger partial charge in [0.2, 0.25) is 0 Å². The molecular formula is C5H7N3O2. The van der Waals surface area contributed by atoms with Gasteiger partial charge >= 0.3 is 0 Å². The molecule has 3 N–H and O–H groups in total. The summed E-state index contributed by atoms with van der Waals surface area (Å²) >= 11 is 0. The molecule has 0 aliphatic heterocycles. The Hall–Kier alpha value is -1.36. The third-order valence-electron chi connectivity index (χ3n) is 1.16. The van der Waals surface area contributed by atoms with Gasteiger partial charge in [-0.3, -0.25) is 15.1 Å². The topological polar surface area (TPSA) is 78.0 Å². The van der Waals surface area contributed by atoms with Crippen LogP contribution in [0.1, 0.15) is 16.1 Å². The molecule has 1 aromatic heterocycles. The third kappa shape index (κ3) is 0.985. The lowest BCUT2D eigenvalue weighted by atomic mass is 10.3. The lowest BCUT2D eigenvalue weighted by molar-refractivity contribution is 0.0700. The number of hydroxylamine groups is 1. The normalized spacial score (nSPS) is 9.40. The van der Waals surface area contributed by atoms with E-state index in [2.05, 4.69) is 10.2 Å². The number of aromatic amines is 1. The first-order chi connectivity index (χ1) is 4.75. The predicted octanol–water partition coefficient (Wildman–Crippen LogP) is -0.163. The van der Waals surface area contributed by atoms with Crippen molar-refractivity contribution in [3.63, 3.8) is 0 Å². The molecule has 0 saturated heterocycles. The summed E-state index contributed by atoms with van der Waals surface area (Å²) in [6.07, 6.45) is 1.50. The van der Waals surface area contributed by atoms with Crippen LogP contribution in [-0.4, -0.2) is 21.3 Å². The zero-order valence-electron chi connectivity index (χ0n) is 5.38. The van der Waals surface area contributed by atoms with E-state index in [1.54, 1.807) is 6.92 Å². The number of hydrogen-bond acceptors (Lipinski definition) is 3. The molecule has 0 aliphatic carbocycles.